The molecule has 4 rings (SSSR count). The zero-order valence-corrected chi connectivity index (χ0v) is 17.5. The summed E-state index contributed by atoms with van der Waals surface area (Å²) in [6.45, 7) is 3.69. The Hall–Kier alpha value is -4.80. The number of nitro benzene ring substituents is 2. The van der Waals surface area contributed by atoms with Crippen LogP contribution in [0.25, 0.3) is 16.7 Å². The van der Waals surface area contributed by atoms with Gasteiger partial charge in [0.1, 0.15) is 5.58 Å². The molecule has 0 spiro atoms. The van der Waals surface area contributed by atoms with Crippen molar-refractivity contribution in [2.45, 2.75) is 13.8 Å². The van der Waals surface area contributed by atoms with Gasteiger partial charge in [-0.2, -0.15) is 5.10 Å². The van der Waals surface area contributed by atoms with Gasteiger partial charge in [0.05, 0.1) is 21.7 Å². The molecule has 0 unspecified atom stereocenters. The van der Waals surface area contributed by atoms with Crippen LogP contribution in [0.4, 0.5) is 11.4 Å². The minimum Gasteiger partial charge on any atom is -0.451 e. The second-order valence-electron chi connectivity index (χ2n) is 7.23. The Morgan fingerprint density at radius 1 is 1.03 bits per heavy atom. The van der Waals surface area contributed by atoms with Gasteiger partial charge in [-0.25, -0.2) is 5.43 Å². The Morgan fingerprint density at radius 3 is 2.48 bits per heavy atom. The van der Waals surface area contributed by atoms with Crippen LogP contribution in [0, 0.1) is 34.1 Å². The first-order valence-corrected chi connectivity index (χ1v) is 9.70. The fourth-order valence-electron chi connectivity index (χ4n) is 3.53. The van der Waals surface area contributed by atoms with Crippen molar-refractivity contribution in [2.24, 2.45) is 5.10 Å². The lowest BCUT2D eigenvalue weighted by molar-refractivity contribution is -0.385. The average molecular weight is 447 g/mol. The van der Waals surface area contributed by atoms with Gasteiger partial charge < -0.3 is 8.98 Å². The molecule has 2 aromatic carbocycles. The third kappa shape index (κ3) is 4.19. The van der Waals surface area contributed by atoms with E-state index in [2.05, 4.69) is 10.5 Å². The molecule has 1 amide bonds. The molecule has 0 atom stereocenters. The maximum Gasteiger partial charge on any atom is 0.307 e. The number of hydrazone groups is 1. The lowest BCUT2D eigenvalue weighted by Gasteiger charge is -2.09. The number of benzene rings is 2. The number of carbonyl (C=O) groups excluding carboxylic acids is 1. The number of carbonyl (C=O) groups is 1. The molecule has 1 N–H and O–H groups in total. The molecular formula is C22H17N5O6. The third-order valence-electron chi connectivity index (χ3n) is 5.07. The number of nitrogens with zero attached hydrogens (tertiary/aromatic N) is 4. The summed E-state index contributed by atoms with van der Waals surface area (Å²) in [5.74, 6) is -0.651. The number of nitrogens with one attached hydrogen (secondary N) is 1. The van der Waals surface area contributed by atoms with Crippen molar-refractivity contribution in [1.29, 1.82) is 0 Å². The SMILES string of the molecule is Cc1cc(/C=N/NC(=O)c2cc3cc([N+](=O)[O-])ccc3o2)c(C)n1-c1cccc([N+](=O)[O-])c1. The van der Waals surface area contributed by atoms with E-state index >= 15 is 0 Å². The van der Waals surface area contributed by atoms with Gasteiger partial charge in [0.25, 0.3) is 11.4 Å². The van der Waals surface area contributed by atoms with E-state index in [0.717, 1.165) is 11.4 Å². The van der Waals surface area contributed by atoms with E-state index < -0.39 is 15.8 Å². The van der Waals surface area contributed by atoms with Crippen LogP contribution in [0.2, 0.25) is 0 Å². The lowest BCUT2D eigenvalue weighted by atomic mass is 10.2. The van der Waals surface area contributed by atoms with Crippen molar-refractivity contribution in [2.75, 3.05) is 0 Å². The summed E-state index contributed by atoms with van der Waals surface area (Å²) in [7, 11) is 0. The molecule has 2 aromatic heterocycles. The van der Waals surface area contributed by atoms with Gasteiger partial charge in [-0.05, 0) is 38.1 Å². The van der Waals surface area contributed by atoms with Crippen molar-refractivity contribution < 1.29 is 19.1 Å². The monoisotopic (exact) mass is 447 g/mol. The zero-order valence-electron chi connectivity index (χ0n) is 17.5. The summed E-state index contributed by atoms with van der Waals surface area (Å²) < 4.78 is 7.28. The first-order chi connectivity index (χ1) is 15.7. The number of non-ortho nitro benzene ring substituents is 2. The van der Waals surface area contributed by atoms with Crippen LogP contribution in [0.1, 0.15) is 27.5 Å². The summed E-state index contributed by atoms with van der Waals surface area (Å²) in [6, 6.07) is 13.6. The van der Waals surface area contributed by atoms with Crippen molar-refractivity contribution >= 4 is 34.5 Å². The van der Waals surface area contributed by atoms with Crippen molar-refractivity contribution in [3.05, 3.63) is 97.5 Å². The Morgan fingerprint density at radius 2 is 1.76 bits per heavy atom. The van der Waals surface area contributed by atoms with Crippen LogP contribution in [-0.4, -0.2) is 26.5 Å². The third-order valence-corrected chi connectivity index (χ3v) is 5.07. The normalized spacial score (nSPS) is 11.2. The van der Waals surface area contributed by atoms with Crippen molar-refractivity contribution in [3.63, 3.8) is 0 Å². The van der Waals surface area contributed by atoms with E-state index in [4.69, 9.17) is 4.42 Å². The molecule has 0 radical (unpaired) electrons. The maximum atomic E-state index is 12.4. The summed E-state index contributed by atoms with van der Waals surface area (Å²) >= 11 is 0. The van der Waals surface area contributed by atoms with Crippen LogP contribution in [0.5, 0.6) is 0 Å². The fraction of sp³-hybridized carbons (Fsp3) is 0.0909. The van der Waals surface area contributed by atoms with Gasteiger partial charge in [-0.3, -0.25) is 25.0 Å². The number of furan rings is 1. The number of hydrogen-bond donors (Lipinski definition) is 1. The van der Waals surface area contributed by atoms with E-state index in [9.17, 15) is 25.0 Å². The van der Waals surface area contributed by atoms with E-state index in [1.807, 2.05) is 24.5 Å². The highest BCUT2D eigenvalue weighted by Gasteiger charge is 2.15. The first kappa shape index (κ1) is 21.4. The minimum atomic E-state index is -0.613. The molecule has 33 heavy (non-hydrogen) atoms. The number of hydrogen-bond acceptors (Lipinski definition) is 7. The summed E-state index contributed by atoms with van der Waals surface area (Å²) in [4.78, 5) is 33.4. The second-order valence-corrected chi connectivity index (χ2v) is 7.23. The molecule has 11 heteroatoms. The van der Waals surface area contributed by atoms with Gasteiger partial charge in [0.15, 0.2) is 5.76 Å². The molecule has 2 heterocycles. The van der Waals surface area contributed by atoms with E-state index in [1.54, 1.807) is 12.1 Å². The van der Waals surface area contributed by atoms with E-state index in [-0.39, 0.29) is 17.1 Å². The predicted molar refractivity (Wildman–Crippen MR) is 120 cm³/mol. The second kappa shape index (κ2) is 8.38. The van der Waals surface area contributed by atoms with Crippen LogP contribution < -0.4 is 5.43 Å². The molecule has 0 saturated carbocycles. The summed E-state index contributed by atoms with van der Waals surface area (Å²) in [5.41, 5.74) is 5.55. The molecule has 0 bridgehead atoms. The lowest BCUT2D eigenvalue weighted by Crippen LogP contribution is -2.16. The Labute approximate surface area is 186 Å². The number of rotatable bonds is 6. The molecule has 166 valence electrons. The van der Waals surface area contributed by atoms with Gasteiger partial charge in [0.2, 0.25) is 0 Å². The standard InChI is InChI=1S/C22H17N5O6/c1-13-8-16(14(2)25(13)17-4-3-5-18(11-17)26(29)30)12-23-24-22(28)21-10-15-9-19(27(31)32)6-7-20(15)33-21/h3-12H,1-2H3,(H,24,28)/b23-12+. The van der Waals surface area contributed by atoms with Gasteiger partial charge >= 0.3 is 5.91 Å². The van der Waals surface area contributed by atoms with Crippen LogP contribution >= 0.6 is 0 Å². The van der Waals surface area contributed by atoms with Crippen LogP contribution in [0.15, 0.2) is 64.1 Å². The predicted octanol–water partition coefficient (Wildman–Crippen LogP) is 4.42. The van der Waals surface area contributed by atoms with Gasteiger partial charge in [-0.15, -0.1) is 0 Å². The number of fused-ring (bicyclic) bond motifs is 1. The quantitative estimate of drug-likeness (QED) is 0.263. The highest BCUT2D eigenvalue weighted by atomic mass is 16.6. The minimum absolute atomic E-state index is 0.0151. The molecule has 11 nitrogen and oxygen atoms in total. The first-order valence-electron chi connectivity index (χ1n) is 9.70. The molecule has 0 fully saturated rings. The summed E-state index contributed by atoms with van der Waals surface area (Å²) in [6.07, 6.45) is 1.46. The summed E-state index contributed by atoms with van der Waals surface area (Å²) in [5, 5.41) is 26.4. The topological polar surface area (TPSA) is 146 Å². The molecule has 4 aromatic rings. The number of aryl methyl sites for hydroxylation is 1. The van der Waals surface area contributed by atoms with Gasteiger partial charge in [0, 0.05) is 46.6 Å². The Balaban J connectivity index is 1.53. The van der Waals surface area contributed by atoms with E-state index in [0.29, 0.717) is 22.2 Å². The van der Waals surface area contributed by atoms with Gasteiger partial charge in [-0.1, -0.05) is 6.07 Å². The van der Waals surface area contributed by atoms with Crippen LogP contribution in [-0.2, 0) is 0 Å². The molecular weight excluding hydrogens is 430 g/mol. The van der Waals surface area contributed by atoms with Crippen molar-refractivity contribution in [1.82, 2.24) is 9.99 Å². The smallest absolute Gasteiger partial charge is 0.307 e. The highest BCUT2D eigenvalue weighted by Crippen LogP contribution is 2.25. The number of aromatic nitrogens is 1. The zero-order chi connectivity index (χ0) is 23.7. The Bertz CT molecular complexity index is 1450. The Kier molecular flexibility index (Phi) is 5.44. The molecule has 0 saturated heterocycles. The largest absolute Gasteiger partial charge is 0.451 e. The molecule has 0 aliphatic carbocycles. The molecule has 0 aliphatic heterocycles. The van der Waals surface area contributed by atoms with E-state index in [1.165, 1.54) is 42.6 Å². The highest BCUT2D eigenvalue weighted by molar-refractivity contribution is 5.97. The molecule has 0 aliphatic rings. The number of nitro groups is 2. The average Bonchev–Trinajstić information content (AvgIpc) is 3.33. The number of amides is 1. The fourth-order valence-corrected chi connectivity index (χ4v) is 3.53. The van der Waals surface area contributed by atoms with Crippen molar-refractivity contribution in [3.8, 4) is 5.69 Å². The van der Waals surface area contributed by atoms with Crippen LogP contribution in [0.3, 0.4) is 0 Å². The maximum absolute atomic E-state index is 12.4.